The number of ether oxygens (including phenoxy) is 2. The van der Waals surface area contributed by atoms with Crippen molar-refractivity contribution in [3.63, 3.8) is 0 Å². The van der Waals surface area contributed by atoms with Gasteiger partial charge < -0.3 is 18.8 Å². The van der Waals surface area contributed by atoms with Crippen molar-refractivity contribution in [3.8, 4) is 17.1 Å². The van der Waals surface area contributed by atoms with Crippen LogP contribution in [-0.4, -0.2) is 47.6 Å². The summed E-state index contributed by atoms with van der Waals surface area (Å²) >= 11 is 7.51. The van der Waals surface area contributed by atoms with E-state index in [0.29, 0.717) is 72.7 Å². The molecule has 3 heterocycles. The zero-order valence-corrected chi connectivity index (χ0v) is 29.6. The Kier molecular flexibility index (Phi) is 9.63. The molecule has 0 saturated carbocycles. The third-order valence-corrected chi connectivity index (χ3v) is 9.65. The van der Waals surface area contributed by atoms with Gasteiger partial charge in [-0.3, -0.25) is 14.2 Å². The molecule has 11 heteroatoms. The topological polar surface area (TPSA) is 103 Å². The van der Waals surface area contributed by atoms with Crippen LogP contribution < -0.4 is 19.6 Å². The number of fused-ring (bicyclic) bond motifs is 2. The van der Waals surface area contributed by atoms with E-state index < -0.39 is 12.0 Å². The third kappa shape index (κ3) is 6.34. The number of furan rings is 1. The first kappa shape index (κ1) is 34.0. The molecule has 0 aliphatic carbocycles. The average Bonchev–Trinajstić information content (AvgIpc) is 3.67. The fourth-order valence-corrected chi connectivity index (χ4v) is 7.36. The van der Waals surface area contributed by atoms with Gasteiger partial charge in [0.25, 0.3) is 11.5 Å². The first-order chi connectivity index (χ1) is 23.6. The quantitative estimate of drug-likeness (QED) is 0.158. The van der Waals surface area contributed by atoms with Gasteiger partial charge in [-0.25, -0.2) is 9.79 Å². The fourth-order valence-electron chi connectivity index (χ4n) is 6.17. The number of amides is 1. The zero-order chi connectivity index (χ0) is 35.0. The molecule has 9 nitrogen and oxygen atoms in total. The van der Waals surface area contributed by atoms with Gasteiger partial charge in [-0.05, 0) is 81.8 Å². The van der Waals surface area contributed by atoms with E-state index in [4.69, 9.17) is 30.5 Å². The van der Waals surface area contributed by atoms with Crippen molar-refractivity contribution in [3.05, 3.63) is 120 Å². The molecule has 0 spiro atoms. The van der Waals surface area contributed by atoms with E-state index >= 15 is 0 Å². The van der Waals surface area contributed by atoms with Crippen LogP contribution in [0.5, 0.6) is 5.75 Å². The minimum atomic E-state index is -0.805. The Morgan fingerprint density at radius 2 is 1.84 bits per heavy atom. The first-order valence-electron chi connectivity index (χ1n) is 16.0. The number of benzene rings is 3. The molecule has 1 amide bonds. The molecule has 1 atom stereocenters. The van der Waals surface area contributed by atoms with Crippen LogP contribution in [0.2, 0.25) is 5.02 Å². The molecule has 6 rings (SSSR count). The van der Waals surface area contributed by atoms with E-state index in [1.54, 1.807) is 66.8 Å². The summed E-state index contributed by atoms with van der Waals surface area (Å²) in [5, 5.41) is 2.24. The van der Waals surface area contributed by atoms with Crippen molar-refractivity contribution in [1.29, 1.82) is 0 Å². The number of methoxy groups -OCH3 is 1. The van der Waals surface area contributed by atoms with Gasteiger partial charge in [-0.15, -0.1) is 0 Å². The monoisotopic (exact) mass is 697 g/mol. The predicted octanol–water partition coefficient (Wildman–Crippen LogP) is 6.74. The number of carbonyl (C=O) groups excluding carboxylic acids is 2. The highest BCUT2D eigenvalue weighted by atomic mass is 35.5. The number of carbonyl (C=O) groups is 2. The number of thiazole rings is 1. The van der Waals surface area contributed by atoms with Crippen LogP contribution in [0.25, 0.3) is 28.2 Å². The summed E-state index contributed by atoms with van der Waals surface area (Å²) in [6.45, 7) is 10.2. The molecule has 5 aromatic rings. The lowest BCUT2D eigenvalue weighted by atomic mass is 9.90. The Hall–Kier alpha value is -4.93. The number of hydrogen-bond donors (Lipinski definition) is 0. The highest BCUT2D eigenvalue weighted by Crippen LogP contribution is 2.40. The number of likely N-dealkylation sites (N-methyl/N-ethyl adjacent to an activating group) is 1. The van der Waals surface area contributed by atoms with Crippen molar-refractivity contribution in [1.82, 2.24) is 9.47 Å². The molecule has 0 bridgehead atoms. The predicted molar refractivity (Wildman–Crippen MR) is 192 cm³/mol. The maximum absolute atomic E-state index is 14.5. The van der Waals surface area contributed by atoms with Gasteiger partial charge in [0.2, 0.25) is 0 Å². The van der Waals surface area contributed by atoms with Gasteiger partial charge in [-0.1, -0.05) is 53.3 Å². The van der Waals surface area contributed by atoms with E-state index in [-0.39, 0.29) is 17.6 Å². The van der Waals surface area contributed by atoms with Gasteiger partial charge in [0.05, 0.1) is 34.6 Å². The number of halogens is 1. The summed E-state index contributed by atoms with van der Waals surface area (Å²) in [4.78, 5) is 48.5. The Bertz CT molecular complexity index is 2310. The van der Waals surface area contributed by atoms with Crippen LogP contribution in [0.4, 0.5) is 0 Å². The number of aromatic nitrogens is 1. The summed E-state index contributed by atoms with van der Waals surface area (Å²) < 4.78 is 19.4. The number of esters is 1. The van der Waals surface area contributed by atoms with E-state index in [2.05, 4.69) is 0 Å². The van der Waals surface area contributed by atoms with Crippen LogP contribution in [0, 0.1) is 0 Å². The Balaban J connectivity index is 1.54. The number of allylic oxidation sites excluding steroid dienone is 1. The molecule has 0 saturated heterocycles. The van der Waals surface area contributed by atoms with Crippen LogP contribution in [-0.2, 0) is 9.53 Å². The number of hydrogen-bond acceptors (Lipinski definition) is 8. The standard InChI is InChI=1S/C38H36ClN3O6S/c1-7-41(8-2)36(44)32-22(5)40-38-42(34(32)33-26-12-10-9-11-23(26)13-17-30(33)46-6)35(43)31(49-38)20-25-15-18-29(48-25)28-19-24(39)14-16-27(28)37(45)47-21(3)4/h9-21,34H,7-8H2,1-6H3/b31-20-/t34-/m0/s1. The minimum Gasteiger partial charge on any atom is -0.496 e. The van der Waals surface area contributed by atoms with E-state index in [1.807, 2.05) is 57.2 Å². The third-order valence-electron chi connectivity index (χ3n) is 8.44. The second-order valence-corrected chi connectivity index (χ2v) is 13.3. The van der Waals surface area contributed by atoms with Crippen LogP contribution in [0.3, 0.4) is 0 Å². The maximum atomic E-state index is 14.5. The van der Waals surface area contributed by atoms with E-state index in [0.717, 1.165) is 10.8 Å². The molecule has 3 aromatic carbocycles. The molecule has 0 radical (unpaired) electrons. The first-order valence-corrected chi connectivity index (χ1v) is 17.2. The lowest BCUT2D eigenvalue weighted by molar-refractivity contribution is -0.127. The van der Waals surface area contributed by atoms with Crippen molar-refractivity contribution in [2.75, 3.05) is 20.2 Å². The Morgan fingerprint density at radius 1 is 1.08 bits per heavy atom. The molecule has 49 heavy (non-hydrogen) atoms. The normalized spacial score (nSPS) is 14.6. The fraction of sp³-hybridized carbons (Fsp3) is 0.263. The summed E-state index contributed by atoms with van der Waals surface area (Å²) in [6.07, 6.45) is 1.34. The lowest BCUT2D eigenvalue weighted by Gasteiger charge is -2.30. The molecule has 2 aromatic heterocycles. The lowest BCUT2D eigenvalue weighted by Crippen LogP contribution is -2.43. The van der Waals surface area contributed by atoms with Crippen LogP contribution >= 0.6 is 22.9 Å². The van der Waals surface area contributed by atoms with Gasteiger partial charge >= 0.3 is 5.97 Å². The van der Waals surface area contributed by atoms with E-state index in [1.165, 1.54) is 11.3 Å². The summed E-state index contributed by atoms with van der Waals surface area (Å²) in [7, 11) is 1.59. The summed E-state index contributed by atoms with van der Waals surface area (Å²) in [5.74, 6) is 0.643. The van der Waals surface area contributed by atoms with Gasteiger partial charge in [0, 0.05) is 35.3 Å². The second-order valence-electron chi connectivity index (χ2n) is 11.8. The molecular formula is C38H36ClN3O6S. The second kappa shape index (κ2) is 13.9. The molecule has 0 fully saturated rings. The SMILES string of the molecule is CCN(CC)C(=O)C1=C(C)N=c2s/c(=C\c3ccc(-c4cc(Cl)ccc4C(=O)OC(C)C)o3)c(=O)n2[C@@H]1c1c(OC)ccc2ccccc12. The molecule has 0 unspecified atom stereocenters. The Morgan fingerprint density at radius 3 is 2.55 bits per heavy atom. The average molecular weight is 698 g/mol. The van der Waals surface area contributed by atoms with Crippen LogP contribution in [0.15, 0.2) is 92.2 Å². The number of nitrogens with zero attached hydrogens (tertiary/aromatic N) is 3. The van der Waals surface area contributed by atoms with Gasteiger partial charge in [0.15, 0.2) is 4.80 Å². The molecular weight excluding hydrogens is 662 g/mol. The smallest absolute Gasteiger partial charge is 0.339 e. The zero-order valence-electron chi connectivity index (χ0n) is 28.1. The highest BCUT2D eigenvalue weighted by Gasteiger charge is 2.36. The summed E-state index contributed by atoms with van der Waals surface area (Å²) in [5.41, 5.74) is 2.11. The molecule has 0 N–H and O–H groups in total. The molecule has 1 aliphatic rings. The Labute approximate surface area is 292 Å². The number of rotatable bonds is 9. The largest absolute Gasteiger partial charge is 0.496 e. The van der Waals surface area contributed by atoms with Crippen molar-refractivity contribution in [2.45, 2.75) is 46.8 Å². The summed E-state index contributed by atoms with van der Waals surface area (Å²) in [6, 6.07) is 19.2. The molecule has 1 aliphatic heterocycles. The van der Waals surface area contributed by atoms with Crippen LogP contribution in [0.1, 0.15) is 62.3 Å². The van der Waals surface area contributed by atoms with Gasteiger partial charge in [-0.2, -0.15) is 0 Å². The van der Waals surface area contributed by atoms with Gasteiger partial charge in [0.1, 0.15) is 23.3 Å². The molecule has 252 valence electrons. The van der Waals surface area contributed by atoms with Crippen molar-refractivity contribution >= 4 is 51.7 Å². The van der Waals surface area contributed by atoms with Crippen molar-refractivity contribution < 1.29 is 23.5 Å². The maximum Gasteiger partial charge on any atom is 0.339 e. The van der Waals surface area contributed by atoms with E-state index in [9.17, 15) is 14.4 Å². The van der Waals surface area contributed by atoms with Crippen molar-refractivity contribution in [2.24, 2.45) is 4.99 Å². The highest BCUT2D eigenvalue weighted by molar-refractivity contribution is 7.07. The minimum absolute atomic E-state index is 0.190.